The van der Waals surface area contributed by atoms with Gasteiger partial charge in [-0.05, 0) is 19.1 Å². The van der Waals surface area contributed by atoms with Gasteiger partial charge in [0.05, 0.1) is 12.0 Å². The van der Waals surface area contributed by atoms with Crippen molar-refractivity contribution in [2.75, 3.05) is 43.4 Å². The van der Waals surface area contributed by atoms with Gasteiger partial charge in [0.2, 0.25) is 17.7 Å². The highest BCUT2D eigenvalue weighted by Gasteiger charge is 2.21. The molecular formula is C18H21N9O2. The Hall–Kier alpha value is -3.47. The lowest BCUT2D eigenvalue weighted by molar-refractivity contribution is 0.257. The molecule has 1 fully saturated rings. The standard InChI is InChI=1S/C18H21N9O2/c1-12-11-13(24-29-12)4-5-25-6-8-26(9-7-25)17-21-16(19)27-18(22-17)20-15(23-27)14-3-2-10-28-14/h2-3,10-11H,4-9H2,1H3,(H2,19,20,21,22,23). The first-order valence-electron chi connectivity index (χ1n) is 9.49. The van der Waals surface area contributed by atoms with Crippen LogP contribution in [0.3, 0.4) is 0 Å². The maximum Gasteiger partial charge on any atom is 0.259 e. The van der Waals surface area contributed by atoms with Gasteiger partial charge >= 0.3 is 0 Å². The van der Waals surface area contributed by atoms with Crippen LogP contribution in [0.5, 0.6) is 0 Å². The second kappa shape index (κ2) is 7.17. The minimum atomic E-state index is 0.249. The Labute approximate surface area is 166 Å². The number of nitrogen functional groups attached to an aromatic ring is 1. The second-order valence-corrected chi connectivity index (χ2v) is 7.01. The first kappa shape index (κ1) is 17.6. The van der Waals surface area contributed by atoms with Crippen LogP contribution in [0.1, 0.15) is 11.5 Å². The summed E-state index contributed by atoms with van der Waals surface area (Å²) in [7, 11) is 0. The molecule has 1 aliphatic heterocycles. The summed E-state index contributed by atoms with van der Waals surface area (Å²) < 4.78 is 11.9. The Balaban J connectivity index is 1.26. The van der Waals surface area contributed by atoms with Crippen molar-refractivity contribution < 1.29 is 8.94 Å². The zero-order valence-corrected chi connectivity index (χ0v) is 16.0. The Kier molecular flexibility index (Phi) is 4.35. The van der Waals surface area contributed by atoms with E-state index in [1.54, 1.807) is 18.4 Å². The Morgan fingerprint density at radius 3 is 2.72 bits per heavy atom. The van der Waals surface area contributed by atoms with Crippen molar-refractivity contribution in [3.05, 3.63) is 35.9 Å². The van der Waals surface area contributed by atoms with Crippen LogP contribution in [-0.4, -0.2) is 67.3 Å². The third-order valence-electron chi connectivity index (χ3n) is 4.98. The molecule has 4 aromatic rings. The van der Waals surface area contributed by atoms with Crippen LogP contribution >= 0.6 is 0 Å². The number of aryl methyl sites for hydroxylation is 1. The molecule has 2 N–H and O–H groups in total. The number of fused-ring (bicyclic) bond motifs is 1. The molecule has 11 heteroatoms. The van der Waals surface area contributed by atoms with Crippen molar-refractivity contribution in [2.45, 2.75) is 13.3 Å². The molecule has 0 bridgehead atoms. The molecule has 0 atom stereocenters. The van der Waals surface area contributed by atoms with E-state index in [4.69, 9.17) is 14.7 Å². The minimum absolute atomic E-state index is 0.249. The molecule has 0 unspecified atom stereocenters. The van der Waals surface area contributed by atoms with Crippen LogP contribution in [0.15, 0.2) is 33.4 Å². The van der Waals surface area contributed by atoms with E-state index in [9.17, 15) is 0 Å². The monoisotopic (exact) mass is 395 g/mol. The smallest absolute Gasteiger partial charge is 0.259 e. The van der Waals surface area contributed by atoms with Gasteiger partial charge in [0.15, 0.2) is 5.76 Å². The lowest BCUT2D eigenvalue weighted by atomic mass is 10.2. The van der Waals surface area contributed by atoms with Crippen LogP contribution in [0, 0.1) is 6.92 Å². The van der Waals surface area contributed by atoms with Gasteiger partial charge in [-0.2, -0.15) is 19.5 Å². The first-order valence-corrected chi connectivity index (χ1v) is 9.49. The lowest BCUT2D eigenvalue weighted by Gasteiger charge is -2.34. The molecule has 1 saturated heterocycles. The van der Waals surface area contributed by atoms with E-state index in [0.29, 0.717) is 23.3 Å². The van der Waals surface area contributed by atoms with E-state index in [-0.39, 0.29) is 5.95 Å². The van der Waals surface area contributed by atoms with Crippen molar-refractivity contribution in [1.29, 1.82) is 0 Å². The van der Waals surface area contributed by atoms with Gasteiger partial charge in [0.1, 0.15) is 5.76 Å². The topological polar surface area (TPSA) is 128 Å². The lowest BCUT2D eigenvalue weighted by Crippen LogP contribution is -2.47. The van der Waals surface area contributed by atoms with Crippen molar-refractivity contribution in [3.8, 4) is 11.6 Å². The van der Waals surface area contributed by atoms with Gasteiger partial charge in [-0.1, -0.05) is 5.16 Å². The Bertz CT molecular complexity index is 1110. The second-order valence-electron chi connectivity index (χ2n) is 7.01. The molecule has 0 radical (unpaired) electrons. The molecule has 150 valence electrons. The Morgan fingerprint density at radius 2 is 2.00 bits per heavy atom. The van der Waals surface area contributed by atoms with Gasteiger partial charge < -0.3 is 19.6 Å². The zero-order valence-electron chi connectivity index (χ0n) is 16.0. The van der Waals surface area contributed by atoms with Crippen LogP contribution < -0.4 is 10.6 Å². The van der Waals surface area contributed by atoms with Crippen molar-refractivity contribution in [3.63, 3.8) is 0 Å². The first-order chi connectivity index (χ1) is 14.2. The van der Waals surface area contributed by atoms with Gasteiger partial charge in [0.25, 0.3) is 5.78 Å². The molecule has 0 aliphatic carbocycles. The quantitative estimate of drug-likeness (QED) is 0.523. The van der Waals surface area contributed by atoms with Gasteiger partial charge in [-0.25, -0.2) is 0 Å². The van der Waals surface area contributed by atoms with Crippen molar-refractivity contribution >= 4 is 17.7 Å². The fourth-order valence-electron chi connectivity index (χ4n) is 3.43. The van der Waals surface area contributed by atoms with Crippen molar-refractivity contribution in [2.24, 2.45) is 0 Å². The average Bonchev–Trinajstić information content (AvgIpc) is 3.47. The largest absolute Gasteiger partial charge is 0.461 e. The number of nitrogens with two attached hydrogens (primary N) is 1. The van der Waals surface area contributed by atoms with Gasteiger partial charge in [-0.15, -0.1) is 5.10 Å². The van der Waals surface area contributed by atoms with Crippen molar-refractivity contribution in [1.82, 2.24) is 34.6 Å². The third-order valence-corrected chi connectivity index (χ3v) is 4.98. The number of piperazine rings is 1. The molecule has 0 amide bonds. The summed E-state index contributed by atoms with van der Waals surface area (Å²) in [4.78, 5) is 17.9. The number of anilines is 2. The maximum absolute atomic E-state index is 6.10. The van der Waals surface area contributed by atoms with E-state index in [2.05, 4.69) is 35.0 Å². The molecule has 11 nitrogen and oxygen atoms in total. The number of furan rings is 1. The molecule has 5 heterocycles. The third kappa shape index (κ3) is 3.51. The molecule has 5 rings (SSSR count). The average molecular weight is 395 g/mol. The number of hydrogen-bond donors (Lipinski definition) is 1. The maximum atomic E-state index is 6.10. The van der Waals surface area contributed by atoms with E-state index < -0.39 is 0 Å². The highest BCUT2D eigenvalue weighted by Crippen LogP contribution is 2.19. The van der Waals surface area contributed by atoms with Crippen LogP contribution in [0.4, 0.5) is 11.9 Å². The van der Waals surface area contributed by atoms with Crippen LogP contribution in [0.25, 0.3) is 17.4 Å². The summed E-state index contributed by atoms with van der Waals surface area (Å²) in [5.74, 6) is 3.06. The minimum Gasteiger partial charge on any atom is -0.461 e. The number of aromatic nitrogens is 6. The fourth-order valence-corrected chi connectivity index (χ4v) is 3.43. The highest BCUT2D eigenvalue weighted by molar-refractivity contribution is 5.53. The van der Waals surface area contributed by atoms with E-state index >= 15 is 0 Å². The summed E-state index contributed by atoms with van der Waals surface area (Å²) in [6, 6.07) is 5.56. The summed E-state index contributed by atoms with van der Waals surface area (Å²) in [5, 5.41) is 8.38. The van der Waals surface area contributed by atoms with E-state index in [1.807, 2.05) is 13.0 Å². The predicted molar refractivity (Wildman–Crippen MR) is 104 cm³/mol. The Morgan fingerprint density at radius 1 is 1.14 bits per heavy atom. The number of hydrogen-bond acceptors (Lipinski definition) is 10. The summed E-state index contributed by atoms with van der Waals surface area (Å²) in [6.45, 7) is 6.30. The molecule has 1 aliphatic rings. The van der Waals surface area contributed by atoms with E-state index in [0.717, 1.165) is 50.6 Å². The molecule has 4 aromatic heterocycles. The number of rotatable bonds is 5. The zero-order chi connectivity index (χ0) is 19.8. The highest BCUT2D eigenvalue weighted by atomic mass is 16.5. The predicted octanol–water partition coefficient (Wildman–Crippen LogP) is 1.02. The SMILES string of the molecule is Cc1cc(CCN2CCN(c3nc(N)n4nc(-c5ccco5)nc4n3)CC2)no1. The normalized spacial score (nSPS) is 15.4. The van der Waals surface area contributed by atoms with Crippen LogP contribution in [-0.2, 0) is 6.42 Å². The molecule has 0 spiro atoms. The molecule has 0 saturated carbocycles. The molecular weight excluding hydrogens is 374 g/mol. The summed E-state index contributed by atoms with van der Waals surface area (Å²) in [6.07, 6.45) is 2.45. The molecule has 29 heavy (non-hydrogen) atoms. The summed E-state index contributed by atoms with van der Waals surface area (Å²) >= 11 is 0. The van der Waals surface area contributed by atoms with Gasteiger partial charge in [-0.3, -0.25) is 4.90 Å². The van der Waals surface area contributed by atoms with Gasteiger partial charge in [0, 0.05) is 45.2 Å². The molecule has 0 aromatic carbocycles. The number of nitrogens with zero attached hydrogens (tertiary/aromatic N) is 8. The van der Waals surface area contributed by atoms with E-state index in [1.165, 1.54) is 4.52 Å². The summed E-state index contributed by atoms with van der Waals surface area (Å²) in [5.41, 5.74) is 7.09. The van der Waals surface area contributed by atoms with Crippen LogP contribution in [0.2, 0.25) is 0 Å². The fraction of sp³-hybridized carbons (Fsp3) is 0.389.